The molecule has 0 heterocycles. The second-order valence-corrected chi connectivity index (χ2v) is 5.74. The van der Waals surface area contributed by atoms with Gasteiger partial charge >= 0.3 is 0 Å². The monoisotopic (exact) mass is 262 g/mol. The topological polar surface area (TPSA) is 29.3 Å². The first kappa shape index (κ1) is 16.0. The highest BCUT2D eigenvalue weighted by molar-refractivity contribution is 5.54. The first-order valence-electron chi connectivity index (χ1n) is 7.57. The van der Waals surface area contributed by atoms with E-state index in [0.29, 0.717) is 6.04 Å². The molecule has 0 radical (unpaired) electrons. The summed E-state index contributed by atoms with van der Waals surface area (Å²) in [5, 5.41) is 0. The van der Waals surface area contributed by atoms with Crippen molar-refractivity contribution in [3.63, 3.8) is 0 Å². The Morgan fingerprint density at radius 1 is 1.26 bits per heavy atom. The molecular weight excluding hydrogens is 232 g/mol. The van der Waals surface area contributed by atoms with E-state index in [0.717, 1.165) is 12.8 Å². The number of aryl methyl sites for hydroxylation is 1. The molecule has 1 aromatic carbocycles. The smallest absolute Gasteiger partial charge is 0.0395 e. The van der Waals surface area contributed by atoms with Crippen molar-refractivity contribution in [3.05, 3.63) is 29.3 Å². The Morgan fingerprint density at radius 3 is 2.47 bits per heavy atom. The molecule has 0 saturated heterocycles. The third-order valence-corrected chi connectivity index (χ3v) is 4.03. The average Bonchev–Trinajstić information content (AvgIpc) is 2.38. The lowest BCUT2D eigenvalue weighted by molar-refractivity contribution is 0.614. The third-order valence-electron chi connectivity index (χ3n) is 4.03. The van der Waals surface area contributed by atoms with Gasteiger partial charge in [0.15, 0.2) is 0 Å². The van der Waals surface area contributed by atoms with Crippen molar-refractivity contribution in [1.82, 2.24) is 0 Å². The van der Waals surface area contributed by atoms with Crippen molar-refractivity contribution in [2.24, 2.45) is 5.73 Å². The Kier molecular flexibility index (Phi) is 6.36. The van der Waals surface area contributed by atoms with Crippen LogP contribution in [0.15, 0.2) is 18.2 Å². The summed E-state index contributed by atoms with van der Waals surface area (Å²) in [4.78, 5) is 2.39. The van der Waals surface area contributed by atoms with Crippen LogP contribution in [0.2, 0.25) is 0 Å². The van der Waals surface area contributed by atoms with Crippen molar-refractivity contribution in [3.8, 4) is 0 Å². The van der Waals surface area contributed by atoms with E-state index in [9.17, 15) is 0 Å². The Balaban J connectivity index is 2.82. The quantitative estimate of drug-likeness (QED) is 0.807. The largest absolute Gasteiger partial charge is 0.372 e. The normalized spacial score (nSPS) is 14.2. The van der Waals surface area contributed by atoms with Crippen LogP contribution in [0.1, 0.15) is 51.2 Å². The molecule has 0 spiro atoms. The van der Waals surface area contributed by atoms with Gasteiger partial charge < -0.3 is 10.6 Å². The van der Waals surface area contributed by atoms with Crippen molar-refractivity contribution in [2.75, 3.05) is 11.9 Å². The summed E-state index contributed by atoms with van der Waals surface area (Å²) in [6.45, 7) is 8.88. The fraction of sp³-hybridized carbons (Fsp3) is 0.647. The molecule has 2 unspecified atom stereocenters. The van der Waals surface area contributed by atoms with E-state index in [1.54, 1.807) is 0 Å². The molecule has 0 aliphatic carbocycles. The van der Waals surface area contributed by atoms with Crippen LogP contribution in [0.5, 0.6) is 0 Å². The van der Waals surface area contributed by atoms with Crippen molar-refractivity contribution in [2.45, 2.75) is 65.5 Å². The van der Waals surface area contributed by atoms with E-state index < -0.39 is 0 Å². The molecule has 0 bridgehead atoms. The summed E-state index contributed by atoms with van der Waals surface area (Å²) in [5.74, 6) is 0. The van der Waals surface area contributed by atoms with E-state index in [1.807, 2.05) is 0 Å². The Morgan fingerprint density at radius 2 is 1.95 bits per heavy atom. The van der Waals surface area contributed by atoms with Gasteiger partial charge in [-0.1, -0.05) is 32.4 Å². The van der Waals surface area contributed by atoms with Crippen LogP contribution in [0, 0.1) is 6.92 Å². The van der Waals surface area contributed by atoms with Crippen LogP contribution in [-0.2, 0) is 6.42 Å². The molecule has 2 heteroatoms. The van der Waals surface area contributed by atoms with Gasteiger partial charge in [-0.05, 0) is 50.3 Å². The van der Waals surface area contributed by atoms with E-state index in [-0.39, 0.29) is 6.04 Å². The molecule has 1 aromatic rings. The molecule has 1 rings (SSSR count). The minimum Gasteiger partial charge on any atom is -0.372 e. The SMILES string of the molecule is CCCC(C)N(C)c1ccc(CC(N)CC)cc1C. The fourth-order valence-corrected chi connectivity index (χ4v) is 2.54. The summed E-state index contributed by atoms with van der Waals surface area (Å²) in [5.41, 5.74) is 10.1. The number of benzene rings is 1. The summed E-state index contributed by atoms with van der Waals surface area (Å²) in [6, 6.07) is 7.64. The molecule has 0 amide bonds. The van der Waals surface area contributed by atoms with Gasteiger partial charge in [-0.25, -0.2) is 0 Å². The minimum atomic E-state index is 0.280. The molecule has 2 nitrogen and oxygen atoms in total. The predicted octanol–water partition coefficient (Wildman–Crippen LogP) is 3.90. The Bertz CT molecular complexity index is 387. The van der Waals surface area contributed by atoms with E-state index >= 15 is 0 Å². The lowest BCUT2D eigenvalue weighted by Crippen LogP contribution is -2.29. The molecule has 0 aliphatic rings. The van der Waals surface area contributed by atoms with Gasteiger partial charge in [0.25, 0.3) is 0 Å². The number of nitrogens with two attached hydrogens (primary N) is 1. The zero-order chi connectivity index (χ0) is 14.4. The summed E-state index contributed by atoms with van der Waals surface area (Å²) < 4.78 is 0. The Hall–Kier alpha value is -1.02. The molecular formula is C17H30N2. The van der Waals surface area contributed by atoms with Crippen LogP contribution in [0.4, 0.5) is 5.69 Å². The predicted molar refractivity (Wildman–Crippen MR) is 85.9 cm³/mol. The lowest BCUT2D eigenvalue weighted by Gasteiger charge is -2.28. The maximum atomic E-state index is 6.03. The van der Waals surface area contributed by atoms with Crippen LogP contribution in [-0.4, -0.2) is 19.1 Å². The standard InChI is InChI=1S/C17H30N2/c1-6-8-14(4)19(5)17-10-9-15(11-13(17)3)12-16(18)7-2/h9-11,14,16H,6-8,12,18H2,1-5H3. The van der Waals surface area contributed by atoms with E-state index in [4.69, 9.17) is 5.73 Å². The number of hydrogen-bond acceptors (Lipinski definition) is 2. The lowest BCUT2D eigenvalue weighted by atomic mass is 10.0. The molecule has 0 fully saturated rings. The van der Waals surface area contributed by atoms with Crippen molar-refractivity contribution >= 4 is 5.69 Å². The van der Waals surface area contributed by atoms with Crippen molar-refractivity contribution in [1.29, 1.82) is 0 Å². The van der Waals surface area contributed by atoms with Gasteiger partial charge in [-0.3, -0.25) is 0 Å². The van der Waals surface area contributed by atoms with Crippen LogP contribution >= 0.6 is 0 Å². The van der Waals surface area contributed by atoms with Crippen LogP contribution in [0.3, 0.4) is 0 Å². The Labute approximate surface area is 119 Å². The highest BCUT2D eigenvalue weighted by Gasteiger charge is 2.12. The number of rotatable bonds is 7. The van der Waals surface area contributed by atoms with Gasteiger partial charge in [0, 0.05) is 24.8 Å². The molecule has 2 N–H and O–H groups in total. The number of hydrogen-bond donors (Lipinski definition) is 1. The molecule has 0 aromatic heterocycles. The highest BCUT2D eigenvalue weighted by atomic mass is 15.1. The second-order valence-electron chi connectivity index (χ2n) is 5.74. The zero-order valence-electron chi connectivity index (χ0n) is 13.2. The second kappa shape index (κ2) is 7.54. The first-order valence-corrected chi connectivity index (χ1v) is 7.57. The molecule has 2 atom stereocenters. The minimum absolute atomic E-state index is 0.280. The zero-order valence-corrected chi connectivity index (χ0v) is 13.2. The molecule has 19 heavy (non-hydrogen) atoms. The van der Waals surface area contributed by atoms with E-state index in [2.05, 4.69) is 57.8 Å². The van der Waals surface area contributed by atoms with Crippen LogP contribution < -0.4 is 10.6 Å². The molecule has 108 valence electrons. The fourth-order valence-electron chi connectivity index (χ4n) is 2.54. The summed E-state index contributed by atoms with van der Waals surface area (Å²) in [7, 11) is 2.19. The third kappa shape index (κ3) is 4.54. The molecule has 0 aliphatic heterocycles. The van der Waals surface area contributed by atoms with Gasteiger partial charge in [-0.2, -0.15) is 0 Å². The van der Waals surface area contributed by atoms with Gasteiger partial charge in [0.05, 0.1) is 0 Å². The average molecular weight is 262 g/mol. The number of nitrogens with zero attached hydrogens (tertiary/aromatic N) is 1. The maximum Gasteiger partial charge on any atom is 0.0395 e. The summed E-state index contributed by atoms with van der Waals surface area (Å²) in [6.07, 6.45) is 4.48. The van der Waals surface area contributed by atoms with Crippen molar-refractivity contribution < 1.29 is 0 Å². The van der Waals surface area contributed by atoms with E-state index in [1.165, 1.54) is 29.7 Å². The van der Waals surface area contributed by atoms with Gasteiger partial charge in [0.1, 0.15) is 0 Å². The van der Waals surface area contributed by atoms with Gasteiger partial charge in [-0.15, -0.1) is 0 Å². The van der Waals surface area contributed by atoms with Crippen LogP contribution in [0.25, 0.3) is 0 Å². The maximum absolute atomic E-state index is 6.03. The molecule has 0 saturated carbocycles. The highest BCUT2D eigenvalue weighted by Crippen LogP contribution is 2.23. The number of anilines is 1. The first-order chi connectivity index (χ1) is 8.99. The van der Waals surface area contributed by atoms with Gasteiger partial charge in [0.2, 0.25) is 0 Å². The summed E-state index contributed by atoms with van der Waals surface area (Å²) >= 11 is 0.